The Hall–Kier alpha value is -3.01. The Bertz CT molecular complexity index is 790. The van der Waals surface area contributed by atoms with Crippen molar-refractivity contribution in [2.45, 2.75) is 0 Å². The lowest BCUT2D eigenvalue weighted by atomic mass is 9.92. The van der Waals surface area contributed by atoms with Gasteiger partial charge >= 0.3 is 0 Å². The van der Waals surface area contributed by atoms with Crippen molar-refractivity contribution < 1.29 is 18.7 Å². The predicted octanol–water partition coefficient (Wildman–Crippen LogP) is 3.66. The van der Waals surface area contributed by atoms with Gasteiger partial charge in [0.2, 0.25) is 0 Å². The molecule has 3 aromatic carbocycles. The van der Waals surface area contributed by atoms with Gasteiger partial charge in [-0.2, -0.15) is 0 Å². The first-order chi connectivity index (χ1) is 11.1. The van der Waals surface area contributed by atoms with Crippen molar-refractivity contribution in [3.8, 4) is 22.3 Å². The van der Waals surface area contributed by atoms with E-state index in [1.54, 1.807) is 18.2 Å². The normalized spacial score (nSPS) is 10.5. The summed E-state index contributed by atoms with van der Waals surface area (Å²) in [4.78, 5) is 11.7. The molecule has 0 unspecified atom stereocenters. The number of carboxylic acids is 1. The van der Waals surface area contributed by atoms with Crippen LogP contribution in [0.1, 0.15) is 10.4 Å². The van der Waals surface area contributed by atoms with Crippen LogP contribution in [0.4, 0.5) is 8.78 Å². The number of benzene rings is 3. The molecular weight excluding hydrogens is 298 g/mol. The molecule has 0 fully saturated rings. The molecule has 4 heteroatoms. The summed E-state index contributed by atoms with van der Waals surface area (Å²) >= 11 is 0. The van der Waals surface area contributed by atoms with Gasteiger partial charge in [0.1, 0.15) is 11.6 Å². The van der Waals surface area contributed by atoms with Crippen LogP contribution < -0.4 is 5.11 Å². The van der Waals surface area contributed by atoms with Crippen molar-refractivity contribution in [3.63, 3.8) is 0 Å². The lowest BCUT2D eigenvalue weighted by Crippen LogP contribution is -2.24. The predicted molar refractivity (Wildman–Crippen MR) is 81.6 cm³/mol. The molecule has 0 bridgehead atoms. The van der Waals surface area contributed by atoms with Crippen LogP contribution in [0.3, 0.4) is 0 Å². The van der Waals surface area contributed by atoms with E-state index >= 15 is 0 Å². The zero-order valence-electron chi connectivity index (χ0n) is 11.9. The lowest BCUT2D eigenvalue weighted by molar-refractivity contribution is -0.254. The summed E-state index contributed by atoms with van der Waals surface area (Å²) in [5.74, 6) is -2.15. The molecule has 0 atom stereocenters. The Labute approximate surface area is 131 Å². The molecule has 3 rings (SSSR count). The highest BCUT2D eigenvalue weighted by atomic mass is 19.1. The number of aromatic carboxylic acids is 1. The second-order valence-corrected chi connectivity index (χ2v) is 5.03. The molecule has 2 nitrogen and oxygen atoms in total. The van der Waals surface area contributed by atoms with E-state index in [4.69, 9.17) is 0 Å². The van der Waals surface area contributed by atoms with E-state index in [9.17, 15) is 18.7 Å². The van der Waals surface area contributed by atoms with E-state index in [-0.39, 0.29) is 5.56 Å². The van der Waals surface area contributed by atoms with Crippen LogP contribution in [-0.4, -0.2) is 5.97 Å². The summed E-state index contributed by atoms with van der Waals surface area (Å²) in [6.07, 6.45) is 0. The van der Waals surface area contributed by atoms with Gasteiger partial charge in [-0.05, 0) is 46.5 Å². The topological polar surface area (TPSA) is 40.1 Å². The molecule has 0 saturated heterocycles. The molecule has 23 heavy (non-hydrogen) atoms. The molecule has 0 radical (unpaired) electrons. The van der Waals surface area contributed by atoms with Gasteiger partial charge in [0.05, 0.1) is 5.97 Å². The summed E-state index contributed by atoms with van der Waals surface area (Å²) in [6.45, 7) is 0. The van der Waals surface area contributed by atoms with E-state index in [0.29, 0.717) is 22.3 Å². The minimum atomic E-state index is -1.34. The van der Waals surface area contributed by atoms with Crippen LogP contribution in [0.2, 0.25) is 0 Å². The van der Waals surface area contributed by atoms with Crippen LogP contribution in [0.5, 0.6) is 0 Å². The third-order valence-corrected chi connectivity index (χ3v) is 3.58. The van der Waals surface area contributed by atoms with E-state index < -0.39 is 17.6 Å². The minimum absolute atomic E-state index is 0.00860. The first-order valence-electron chi connectivity index (χ1n) is 6.92. The highest BCUT2D eigenvalue weighted by Crippen LogP contribution is 2.32. The second kappa shape index (κ2) is 6.01. The van der Waals surface area contributed by atoms with Gasteiger partial charge in [0, 0.05) is 5.56 Å². The number of hydrogen-bond acceptors (Lipinski definition) is 2. The van der Waals surface area contributed by atoms with Crippen molar-refractivity contribution in [1.82, 2.24) is 0 Å². The SMILES string of the molecule is O=C([O-])c1c(-c2ccc(F)cc2)cccc1-c1ccc(F)cc1. The van der Waals surface area contributed by atoms with Crippen LogP contribution in [-0.2, 0) is 0 Å². The van der Waals surface area contributed by atoms with Gasteiger partial charge in [-0.15, -0.1) is 0 Å². The average Bonchev–Trinajstić information content (AvgIpc) is 2.55. The van der Waals surface area contributed by atoms with Crippen LogP contribution in [0, 0.1) is 11.6 Å². The molecular formula is C19H11F2O2-. The van der Waals surface area contributed by atoms with Gasteiger partial charge in [0.15, 0.2) is 0 Å². The van der Waals surface area contributed by atoms with Gasteiger partial charge < -0.3 is 9.90 Å². The quantitative estimate of drug-likeness (QED) is 0.740. The summed E-state index contributed by atoms with van der Waals surface area (Å²) in [7, 11) is 0. The van der Waals surface area contributed by atoms with Crippen molar-refractivity contribution >= 4 is 5.97 Å². The molecule has 0 heterocycles. The second-order valence-electron chi connectivity index (χ2n) is 5.03. The maximum atomic E-state index is 13.1. The number of carboxylic acid groups (broad SMARTS) is 1. The van der Waals surface area contributed by atoms with Gasteiger partial charge in [-0.3, -0.25) is 0 Å². The number of hydrogen-bond donors (Lipinski definition) is 0. The highest BCUT2D eigenvalue weighted by Gasteiger charge is 2.13. The molecule has 0 N–H and O–H groups in total. The maximum absolute atomic E-state index is 13.1. The minimum Gasteiger partial charge on any atom is -0.545 e. The third kappa shape index (κ3) is 2.97. The first kappa shape index (κ1) is 14.9. The fourth-order valence-corrected chi connectivity index (χ4v) is 2.51. The van der Waals surface area contributed by atoms with E-state index in [2.05, 4.69) is 0 Å². The monoisotopic (exact) mass is 309 g/mol. The Morgan fingerprint density at radius 1 is 0.696 bits per heavy atom. The van der Waals surface area contributed by atoms with Gasteiger partial charge in [-0.1, -0.05) is 42.5 Å². The van der Waals surface area contributed by atoms with Gasteiger partial charge in [0.25, 0.3) is 0 Å². The maximum Gasteiger partial charge on any atom is 0.123 e. The molecule has 3 aromatic rings. The Morgan fingerprint density at radius 3 is 1.43 bits per heavy atom. The lowest BCUT2D eigenvalue weighted by Gasteiger charge is -2.16. The molecule has 0 aliphatic carbocycles. The average molecular weight is 309 g/mol. The smallest absolute Gasteiger partial charge is 0.123 e. The molecule has 0 amide bonds. The fraction of sp³-hybridized carbons (Fsp3) is 0. The van der Waals surface area contributed by atoms with E-state index in [1.165, 1.54) is 48.5 Å². The summed E-state index contributed by atoms with van der Waals surface area (Å²) < 4.78 is 26.2. The molecule has 0 aromatic heterocycles. The molecule has 0 aliphatic heterocycles. The van der Waals surface area contributed by atoms with Gasteiger partial charge in [-0.25, -0.2) is 8.78 Å². The summed E-state index contributed by atoms with van der Waals surface area (Å²) in [5, 5.41) is 11.7. The summed E-state index contributed by atoms with van der Waals surface area (Å²) in [5.41, 5.74) is 1.97. The molecule has 0 spiro atoms. The van der Waals surface area contributed by atoms with Crippen molar-refractivity contribution in [3.05, 3.63) is 83.9 Å². The van der Waals surface area contributed by atoms with Crippen molar-refractivity contribution in [2.75, 3.05) is 0 Å². The number of carbonyl (C=O) groups is 1. The standard InChI is InChI=1S/C19H12F2O2/c20-14-8-4-12(5-9-14)16-2-1-3-17(18(16)19(22)23)13-6-10-15(21)11-7-13/h1-11H,(H,22,23)/p-1. The zero-order chi connectivity index (χ0) is 16.4. The number of carbonyl (C=O) groups excluding carboxylic acids is 1. The van der Waals surface area contributed by atoms with Crippen LogP contribution in [0.25, 0.3) is 22.3 Å². The number of halogens is 2. The first-order valence-corrected chi connectivity index (χ1v) is 6.92. The Kier molecular flexibility index (Phi) is 3.89. The molecule has 114 valence electrons. The molecule has 0 aliphatic rings. The Morgan fingerprint density at radius 2 is 1.09 bits per heavy atom. The number of rotatable bonds is 3. The van der Waals surface area contributed by atoms with E-state index in [0.717, 1.165) is 0 Å². The third-order valence-electron chi connectivity index (χ3n) is 3.58. The summed E-state index contributed by atoms with van der Waals surface area (Å²) in [6, 6.07) is 16.0. The Balaban J connectivity index is 2.22. The van der Waals surface area contributed by atoms with Crippen LogP contribution >= 0.6 is 0 Å². The highest BCUT2D eigenvalue weighted by molar-refractivity contribution is 6.02. The zero-order valence-corrected chi connectivity index (χ0v) is 11.9. The largest absolute Gasteiger partial charge is 0.545 e. The fourth-order valence-electron chi connectivity index (χ4n) is 2.51. The molecule has 0 saturated carbocycles. The van der Waals surface area contributed by atoms with Crippen molar-refractivity contribution in [2.24, 2.45) is 0 Å². The van der Waals surface area contributed by atoms with Crippen molar-refractivity contribution in [1.29, 1.82) is 0 Å². The van der Waals surface area contributed by atoms with E-state index in [1.807, 2.05) is 0 Å². The van der Waals surface area contributed by atoms with Crippen LogP contribution in [0.15, 0.2) is 66.7 Å².